The number of benzene rings is 1. The summed E-state index contributed by atoms with van der Waals surface area (Å²) in [6.07, 6.45) is 2.10. The molecule has 2 aliphatic rings. The summed E-state index contributed by atoms with van der Waals surface area (Å²) in [5.41, 5.74) is 1.16. The Bertz CT molecular complexity index is 592. The lowest BCUT2D eigenvalue weighted by molar-refractivity contribution is 0.145. The van der Waals surface area contributed by atoms with Gasteiger partial charge in [-0.1, -0.05) is 19.1 Å². The third kappa shape index (κ3) is 4.06. The molecule has 1 aromatic carbocycles. The Hall–Kier alpha value is -0.660. The highest BCUT2D eigenvalue weighted by molar-refractivity contribution is 7.89. The molecule has 0 amide bonds. The van der Waals surface area contributed by atoms with E-state index < -0.39 is 10.0 Å². The van der Waals surface area contributed by atoms with Crippen LogP contribution in [0.5, 0.6) is 0 Å². The van der Waals surface area contributed by atoms with E-state index in [2.05, 4.69) is 17.1 Å². The molecule has 130 valence electrons. The smallest absolute Gasteiger partial charge is 0.243 e. The molecule has 0 spiro atoms. The number of hydrogen-bond acceptors (Lipinski definition) is 4. The highest BCUT2D eigenvalue weighted by atomic mass is 35.5. The van der Waals surface area contributed by atoms with Crippen LogP contribution in [0.4, 0.5) is 0 Å². The van der Waals surface area contributed by atoms with Crippen molar-refractivity contribution in [1.82, 2.24) is 14.5 Å². The molecule has 7 heteroatoms. The van der Waals surface area contributed by atoms with Crippen LogP contribution in [0, 0.1) is 0 Å². The van der Waals surface area contributed by atoms with Gasteiger partial charge in [0.25, 0.3) is 0 Å². The number of aryl methyl sites for hydroxylation is 1. The number of piperazine rings is 1. The predicted octanol–water partition coefficient (Wildman–Crippen LogP) is 1.34. The molecule has 0 aliphatic carbocycles. The van der Waals surface area contributed by atoms with Crippen LogP contribution in [0.25, 0.3) is 0 Å². The molecule has 3 rings (SSSR count). The van der Waals surface area contributed by atoms with E-state index >= 15 is 0 Å². The van der Waals surface area contributed by atoms with E-state index in [4.69, 9.17) is 0 Å². The minimum atomic E-state index is -3.34. The predicted molar refractivity (Wildman–Crippen MR) is 94.7 cm³/mol. The largest absolute Gasteiger partial charge is 0.315 e. The first-order valence-electron chi connectivity index (χ1n) is 8.15. The fraction of sp³-hybridized carbons (Fsp3) is 0.625. The summed E-state index contributed by atoms with van der Waals surface area (Å²) in [5, 5.41) is 3.37. The summed E-state index contributed by atoms with van der Waals surface area (Å²) >= 11 is 0. The molecule has 5 nitrogen and oxygen atoms in total. The van der Waals surface area contributed by atoms with Crippen LogP contribution in [0.3, 0.4) is 0 Å². The first-order valence-corrected chi connectivity index (χ1v) is 9.59. The van der Waals surface area contributed by atoms with E-state index in [1.165, 1.54) is 6.42 Å². The molecule has 2 aliphatic heterocycles. The zero-order valence-electron chi connectivity index (χ0n) is 13.6. The summed E-state index contributed by atoms with van der Waals surface area (Å²) in [6, 6.07) is 7.87. The van der Waals surface area contributed by atoms with Crippen molar-refractivity contribution in [2.45, 2.75) is 30.7 Å². The van der Waals surface area contributed by atoms with Gasteiger partial charge in [0.05, 0.1) is 4.90 Å². The van der Waals surface area contributed by atoms with E-state index in [0.29, 0.717) is 24.0 Å². The van der Waals surface area contributed by atoms with E-state index in [1.54, 1.807) is 16.4 Å². The summed E-state index contributed by atoms with van der Waals surface area (Å²) < 4.78 is 27.1. The standard InChI is InChI=1S/C16H25N3O2S.ClH/c1-2-14-3-5-16(6-4-14)22(20,21)19-11-9-18(10-12-19)15-7-8-17-13-15;/h3-6,15,17H,2,7-13H2,1H3;1H. The molecule has 2 fully saturated rings. The maximum Gasteiger partial charge on any atom is 0.243 e. The second-order valence-electron chi connectivity index (χ2n) is 6.08. The Morgan fingerprint density at radius 1 is 1.13 bits per heavy atom. The number of nitrogens with zero attached hydrogens (tertiary/aromatic N) is 2. The molecule has 1 N–H and O–H groups in total. The van der Waals surface area contributed by atoms with Crippen molar-refractivity contribution in [1.29, 1.82) is 0 Å². The fourth-order valence-electron chi connectivity index (χ4n) is 3.31. The Balaban J connectivity index is 0.00000192. The quantitative estimate of drug-likeness (QED) is 0.881. The van der Waals surface area contributed by atoms with Crippen LogP contribution >= 0.6 is 12.4 Å². The Labute approximate surface area is 145 Å². The molecular weight excluding hydrogens is 334 g/mol. The molecule has 0 bridgehead atoms. The second-order valence-corrected chi connectivity index (χ2v) is 8.02. The van der Waals surface area contributed by atoms with Crippen LogP contribution in [-0.2, 0) is 16.4 Å². The normalized spacial score (nSPS) is 23.6. The van der Waals surface area contributed by atoms with Gasteiger partial charge >= 0.3 is 0 Å². The Kier molecular flexibility index (Phi) is 6.45. The molecule has 2 heterocycles. The summed E-state index contributed by atoms with van der Waals surface area (Å²) in [4.78, 5) is 2.84. The first kappa shape index (κ1) is 18.7. The summed E-state index contributed by atoms with van der Waals surface area (Å²) in [5.74, 6) is 0. The monoisotopic (exact) mass is 359 g/mol. The molecule has 23 heavy (non-hydrogen) atoms. The lowest BCUT2D eigenvalue weighted by Crippen LogP contribution is -2.52. The van der Waals surface area contributed by atoms with Gasteiger partial charge in [-0.15, -0.1) is 12.4 Å². The molecule has 1 unspecified atom stereocenters. The van der Waals surface area contributed by atoms with Gasteiger partial charge in [0, 0.05) is 38.8 Å². The van der Waals surface area contributed by atoms with Crippen molar-refractivity contribution in [3.63, 3.8) is 0 Å². The summed E-state index contributed by atoms with van der Waals surface area (Å²) in [6.45, 7) is 7.03. The van der Waals surface area contributed by atoms with Gasteiger partial charge in [0.1, 0.15) is 0 Å². The minimum Gasteiger partial charge on any atom is -0.315 e. The Morgan fingerprint density at radius 2 is 1.78 bits per heavy atom. The highest BCUT2D eigenvalue weighted by Gasteiger charge is 2.31. The van der Waals surface area contributed by atoms with Crippen molar-refractivity contribution < 1.29 is 8.42 Å². The number of hydrogen-bond donors (Lipinski definition) is 1. The van der Waals surface area contributed by atoms with E-state index in [-0.39, 0.29) is 12.4 Å². The average Bonchev–Trinajstić information content (AvgIpc) is 3.09. The zero-order valence-corrected chi connectivity index (χ0v) is 15.2. The lowest BCUT2D eigenvalue weighted by atomic mass is 10.2. The molecule has 0 saturated carbocycles. The highest BCUT2D eigenvalue weighted by Crippen LogP contribution is 2.20. The Morgan fingerprint density at radius 3 is 2.30 bits per heavy atom. The average molecular weight is 360 g/mol. The number of rotatable bonds is 4. The van der Waals surface area contributed by atoms with Crippen molar-refractivity contribution in [3.8, 4) is 0 Å². The van der Waals surface area contributed by atoms with Gasteiger partial charge in [0.15, 0.2) is 0 Å². The van der Waals surface area contributed by atoms with Crippen LogP contribution in [0.1, 0.15) is 18.9 Å². The molecule has 1 atom stereocenters. The van der Waals surface area contributed by atoms with E-state index in [1.807, 2.05) is 12.1 Å². The van der Waals surface area contributed by atoms with Crippen molar-refractivity contribution in [2.24, 2.45) is 0 Å². The third-order valence-electron chi connectivity index (χ3n) is 4.79. The van der Waals surface area contributed by atoms with Crippen LogP contribution in [0.15, 0.2) is 29.2 Å². The van der Waals surface area contributed by atoms with E-state index in [9.17, 15) is 8.42 Å². The van der Waals surface area contributed by atoms with Crippen LogP contribution in [0.2, 0.25) is 0 Å². The van der Waals surface area contributed by atoms with Crippen molar-refractivity contribution in [3.05, 3.63) is 29.8 Å². The summed E-state index contributed by atoms with van der Waals surface area (Å²) in [7, 11) is -3.34. The van der Waals surface area contributed by atoms with E-state index in [0.717, 1.165) is 38.2 Å². The number of halogens is 1. The lowest BCUT2D eigenvalue weighted by Gasteiger charge is -2.37. The second kappa shape index (κ2) is 7.94. The topological polar surface area (TPSA) is 52.7 Å². The van der Waals surface area contributed by atoms with Gasteiger partial charge in [-0.25, -0.2) is 8.42 Å². The van der Waals surface area contributed by atoms with Gasteiger partial charge < -0.3 is 5.32 Å². The molecule has 0 radical (unpaired) electrons. The van der Waals surface area contributed by atoms with Crippen LogP contribution < -0.4 is 5.32 Å². The third-order valence-corrected chi connectivity index (χ3v) is 6.71. The zero-order chi connectivity index (χ0) is 15.6. The molecular formula is C16H26ClN3O2S. The van der Waals surface area contributed by atoms with Crippen molar-refractivity contribution >= 4 is 22.4 Å². The maximum absolute atomic E-state index is 12.7. The van der Waals surface area contributed by atoms with Gasteiger partial charge in [-0.2, -0.15) is 4.31 Å². The van der Waals surface area contributed by atoms with Crippen LogP contribution in [-0.4, -0.2) is 62.9 Å². The molecule has 2 saturated heterocycles. The van der Waals surface area contributed by atoms with Gasteiger partial charge in [0.2, 0.25) is 10.0 Å². The number of nitrogens with one attached hydrogen (secondary N) is 1. The molecule has 1 aromatic rings. The van der Waals surface area contributed by atoms with Gasteiger partial charge in [-0.3, -0.25) is 4.90 Å². The number of sulfonamides is 1. The minimum absolute atomic E-state index is 0. The maximum atomic E-state index is 12.7. The first-order chi connectivity index (χ1) is 10.6. The SMILES string of the molecule is CCc1ccc(S(=O)(=O)N2CCN(C3CCNC3)CC2)cc1.Cl. The van der Waals surface area contributed by atoms with Gasteiger partial charge in [-0.05, 0) is 37.1 Å². The molecule has 0 aromatic heterocycles. The fourth-order valence-corrected chi connectivity index (χ4v) is 4.73. The van der Waals surface area contributed by atoms with Crippen molar-refractivity contribution in [2.75, 3.05) is 39.3 Å².